The van der Waals surface area contributed by atoms with Gasteiger partial charge in [-0.05, 0) is 55.8 Å². The summed E-state index contributed by atoms with van der Waals surface area (Å²) in [5.74, 6) is 0.538. The van der Waals surface area contributed by atoms with Gasteiger partial charge in [-0.25, -0.2) is 0 Å². The van der Waals surface area contributed by atoms with Crippen LogP contribution < -0.4 is 5.32 Å². The maximum Gasteiger partial charge on any atom is 0.254 e. The van der Waals surface area contributed by atoms with Crippen molar-refractivity contribution in [2.75, 3.05) is 38.0 Å². The molecule has 1 fully saturated rings. The number of likely N-dealkylation sites (tertiary alicyclic amines) is 1. The van der Waals surface area contributed by atoms with Gasteiger partial charge >= 0.3 is 0 Å². The molecule has 31 heavy (non-hydrogen) atoms. The van der Waals surface area contributed by atoms with Gasteiger partial charge in [0, 0.05) is 24.7 Å². The van der Waals surface area contributed by atoms with E-state index in [1.54, 1.807) is 17.9 Å². The zero-order valence-electron chi connectivity index (χ0n) is 17.8. The molecule has 0 bridgehead atoms. The van der Waals surface area contributed by atoms with E-state index >= 15 is 0 Å². The zero-order chi connectivity index (χ0) is 21.6. The van der Waals surface area contributed by atoms with Crippen LogP contribution in [0.3, 0.4) is 0 Å². The quantitative estimate of drug-likeness (QED) is 0.631. The Kier molecular flexibility index (Phi) is 6.62. The second-order valence-corrected chi connectivity index (χ2v) is 8.06. The number of hydrogen-bond acceptors (Lipinski definition) is 5. The standard InChI is InChI=1S/C24H28N4O3/c1-18-15-22(26-31-18)25-23(29)17-28(14-13-27-11-5-2-6-12-27)24(30)21-10-9-19-7-3-4-8-20(19)16-21/h3-4,7-10,15-16H,2,5-6,11-14,17H2,1H3,(H,25,26,29). The minimum Gasteiger partial charge on any atom is -0.360 e. The summed E-state index contributed by atoms with van der Waals surface area (Å²) >= 11 is 0. The summed E-state index contributed by atoms with van der Waals surface area (Å²) in [6.07, 6.45) is 3.63. The van der Waals surface area contributed by atoms with Crippen molar-refractivity contribution in [1.82, 2.24) is 15.0 Å². The molecular weight excluding hydrogens is 392 g/mol. The molecule has 1 saturated heterocycles. The van der Waals surface area contributed by atoms with Crippen LogP contribution in [0.2, 0.25) is 0 Å². The van der Waals surface area contributed by atoms with Gasteiger partial charge in [-0.2, -0.15) is 0 Å². The summed E-state index contributed by atoms with van der Waals surface area (Å²) in [5.41, 5.74) is 0.586. The minimum absolute atomic E-state index is 0.0363. The highest BCUT2D eigenvalue weighted by molar-refractivity contribution is 6.01. The van der Waals surface area contributed by atoms with E-state index < -0.39 is 0 Å². The van der Waals surface area contributed by atoms with Crippen LogP contribution in [0.4, 0.5) is 5.82 Å². The maximum absolute atomic E-state index is 13.3. The lowest BCUT2D eigenvalue weighted by Gasteiger charge is -2.30. The summed E-state index contributed by atoms with van der Waals surface area (Å²) in [4.78, 5) is 30.0. The van der Waals surface area contributed by atoms with Crippen LogP contribution >= 0.6 is 0 Å². The van der Waals surface area contributed by atoms with Crippen molar-refractivity contribution in [1.29, 1.82) is 0 Å². The van der Waals surface area contributed by atoms with Crippen LogP contribution in [0, 0.1) is 6.92 Å². The van der Waals surface area contributed by atoms with Crippen LogP contribution in [0.25, 0.3) is 10.8 Å². The van der Waals surface area contributed by atoms with Crippen LogP contribution in [0.15, 0.2) is 53.1 Å². The molecule has 0 unspecified atom stereocenters. The molecule has 0 spiro atoms. The zero-order valence-corrected chi connectivity index (χ0v) is 17.8. The molecule has 1 aliphatic heterocycles. The number of aryl methyl sites for hydroxylation is 1. The Labute approximate surface area is 182 Å². The van der Waals surface area contributed by atoms with Crippen molar-refractivity contribution in [2.24, 2.45) is 0 Å². The third kappa shape index (κ3) is 5.49. The Morgan fingerprint density at radius 2 is 1.84 bits per heavy atom. The lowest BCUT2D eigenvalue weighted by molar-refractivity contribution is -0.117. The van der Waals surface area contributed by atoms with Gasteiger partial charge in [0.05, 0.1) is 0 Å². The number of carbonyl (C=O) groups excluding carboxylic acids is 2. The summed E-state index contributed by atoms with van der Waals surface area (Å²) < 4.78 is 5.00. The number of anilines is 1. The van der Waals surface area contributed by atoms with Gasteiger partial charge in [0.1, 0.15) is 12.3 Å². The van der Waals surface area contributed by atoms with Crippen LogP contribution in [0.5, 0.6) is 0 Å². The molecule has 162 valence electrons. The van der Waals surface area contributed by atoms with Gasteiger partial charge in [0.25, 0.3) is 5.91 Å². The smallest absolute Gasteiger partial charge is 0.254 e. The maximum atomic E-state index is 13.3. The molecule has 4 rings (SSSR count). The number of nitrogens with zero attached hydrogens (tertiary/aromatic N) is 3. The predicted octanol–water partition coefficient (Wildman–Crippen LogP) is 3.70. The molecule has 0 atom stereocenters. The minimum atomic E-state index is -0.291. The fourth-order valence-electron chi connectivity index (χ4n) is 3.98. The highest BCUT2D eigenvalue weighted by Gasteiger charge is 2.21. The molecule has 3 aromatic rings. The first kappa shape index (κ1) is 21.1. The molecule has 1 N–H and O–H groups in total. The third-order valence-corrected chi connectivity index (χ3v) is 5.65. The lowest BCUT2D eigenvalue weighted by Crippen LogP contribution is -2.43. The number of carbonyl (C=O) groups is 2. The first-order chi connectivity index (χ1) is 15.1. The Morgan fingerprint density at radius 3 is 2.58 bits per heavy atom. The van der Waals surface area contributed by atoms with E-state index in [0.717, 1.165) is 30.4 Å². The highest BCUT2D eigenvalue weighted by atomic mass is 16.5. The molecule has 0 radical (unpaired) electrons. The summed E-state index contributed by atoms with van der Waals surface area (Å²) in [6.45, 7) is 5.07. The molecule has 1 aliphatic rings. The second kappa shape index (κ2) is 9.75. The first-order valence-corrected chi connectivity index (χ1v) is 10.8. The van der Waals surface area contributed by atoms with Crippen LogP contribution in [-0.4, -0.2) is 59.5 Å². The average Bonchev–Trinajstić information content (AvgIpc) is 3.20. The number of piperidine rings is 1. The molecule has 7 nitrogen and oxygen atoms in total. The number of benzene rings is 2. The Morgan fingerprint density at radius 1 is 1.06 bits per heavy atom. The van der Waals surface area contributed by atoms with E-state index in [-0.39, 0.29) is 18.4 Å². The Bertz CT molecular complexity index is 1060. The number of rotatable bonds is 7. The SMILES string of the molecule is Cc1cc(NC(=O)CN(CCN2CCCCC2)C(=O)c2ccc3ccccc3c2)no1. The largest absolute Gasteiger partial charge is 0.360 e. The van der Waals surface area contributed by atoms with Crippen molar-refractivity contribution in [3.63, 3.8) is 0 Å². The molecular formula is C24H28N4O3. The van der Waals surface area contributed by atoms with E-state index in [2.05, 4.69) is 15.4 Å². The van der Waals surface area contributed by atoms with Gasteiger partial charge in [-0.1, -0.05) is 41.9 Å². The van der Waals surface area contributed by atoms with E-state index in [1.807, 2.05) is 42.5 Å². The monoisotopic (exact) mass is 420 g/mol. The van der Waals surface area contributed by atoms with Crippen molar-refractivity contribution in [2.45, 2.75) is 26.2 Å². The van der Waals surface area contributed by atoms with E-state index in [4.69, 9.17) is 4.52 Å². The van der Waals surface area contributed by atoms with Gasteiger partial charge in [-0.15, -0.1) is 0 Å². The number of aromatic nitrogens is 1. The van der Waals surface area contributed by atoms with Crippen molar-refractivity contribution in [3.8, 4) is 0 Å². The lowest BCUT2D eigenvalue weighted by atomic mass is 10.1. The number of nitrogens with one attached hydrogen (secondary N) is 1. The highest BCUT2D eigenvalue weighted by Crippen LogP contribution is 2.17. The number of fused-ring (bicyclic) bond motifs is 1. The topological polar surface area (TPSA) is 78.7 Å². The Hall–Kier alpha value is -3.19. The normalized spacial score (nSPS) is 14.5. The summed E-state index contributed by atoms with van der Waals surface area (Å²) in [7, 11) is 0. The number of amides is 2. The van der Waals surface area contributed by atoms with Crippen molar-refractivity contribution in [3.05, 3.63) is 59.9 Å². The van der Waals surface area contributed by atoms with E-state index in [9.17, 15) is 9.59 Å². The third-order valence-electron chi connectivity index (χ3n) is 5.65. The van der Waals surface area contributed by atoms with Crippen molar-refractivity contribution < 1.29 is 14.1 Å². The van der Waals surface area contributed by atoms with Gasteiger partial charge in [0.15, 0.2) is 5.82 Å². The van der Waals surface area contributed by atoms with Crippen LogP contribution in [0.1, 0.15) is 35.4 Å². The molecule has 7 heteroatoms. The van der Waals surface area contributed by atoms with E-state index in [1.165, 1.54) is 19.3 Å². The molecule has 0 aliphatic carbocycles. The molecule has 0 saturated carbocycles. The fraction of sp³-hybridized carbons (Fsp3) is 0.375. The summed E-state index contributed by atoms with van der Waals surface area (Å²) in [6, 6.07) is 15.3. The molecule has 2 amide bonds. The summed E-state index contributed by atoms with van der Waals surface area (Å²) in [5, 5.41) is 8.60. The fourth-order valence-corrected chi connectivity index (χ4v) is 3.98. The van der Waals surface area contributed by atoms with E-state index in [0.29, 0.717) is 23.7 Å². The predicted molar refractivity (Wildman–Crippen MR) is 120 cm³/mol. The van der Waals surface area contributed by atoms with Crippen LogP contribution in [-0.2, 0) is 4.79 Å². The second-order valence-electron chi connectivity index (χ2n) is 8.06. The van der Waals surface area contributed by atoms with Gasteiger partial charge in [0.2, 0.25) is 5.91 Å². The van der Waals surface area contributed by atoms with Gasteiger partial charge < -0.3 is 19.6 Å². The van der Waals surface area contributed by atoms with Gasteiger partial charge in [-0.3, -0.25) is 9.59 Å². The number of hydrogen-bond donors (Lipinski definition) is 1. The molecule has 2 heterocycles. The first-order valence-electron chi connectivity index (χ1n) is 10.8. The molecule has 2 aromatic carbocycles. The Balaban J connectivity index is 1.49. The molecule has 1 aromatic heterocycles. The van der Waals surface area contributed by atoms with Crippen molar-refractivity contribution >= 4 is 28.4 Å². The average molecular weight is 421 g/mol.